The van der Waals surface area contributed by atoms with E-state index in [0.717, 1.165) is 20.3 Å². The largest absolute Gasteiger partial charge is 0.494 e. The number of anilines is 1. The summed E-state index contributed by atoms with van der Waals surface area (Å²) in [6, 6.07) is 11.2. The number of aromatic nitrogens is 1. The molecule has 0 saturated heterocycles. The smallest absolute Gasteiger partial charge is 0.234 e. The predicted octanol–water partition coefficient (Wildman–Crippen LogP) is 4.20. The first-order chi connectivity index (χ1) is 13.2. The van der Waals surface area contributed by atoms with Crippen LogP contribution in [0.4, 0.5) is 5.69 Å². The molecule has 0 radical (unpaired) electrons. The van der Waals surface area contributed by atoms with Gasteiger partial charge in [-0.1, -0.05) is 11.8 Å². The lowest BCUT2D eigenvalue weighted by Gasteiger charge is -2.18. The monoisotopic (exact) mass is 402 g/mol. The summed E-state index contributed by atoms with van der Waals surface area (Å²) in [4.78, 5) is 16.8. The molecule has 0 fully saturated rings. The van der Waals surface area contributed by atoms with Crippen LogP contribution < -0.4 is 19.5 Å². The van der Waals surface area contributed by atoms with E-state index < -0.39 is 0 Å². The zero-order valence-corrected chi connectivity index (χ0v) is 16.3. The fraction of sp³-hybridized carbons (Fsp3) is 0.263. The standard InChI is InChI=1S/C19H18N2O4S2/c1-2-23-13-4-5-14-17(10-13)27-19(21-14)26-11-18(22)20-12-3-6-15-16(9-12)25-8-7-24-15/h3-6,9-10H,2,7-8,11H2,1H3,(H,20,22). The summed E-state index contributed by atoms with van der Waals surface area (Å²) in [6.07, 6.45) is 0. The quantitative estimate of drug-likeness (QED) is 0.623. The molecule has 0 saturated carbocycles. The summed E-state index contributed by atoms with van der Waals surface area (Å²) in [7, 11) is 0. The molecule has 8 heteroatoms. The number of carbonyl (C=O) groups excluding carboxylic acids is 1. The highest BCUT2D eigenvalue weighted by atomic mass is 32.2. The van der Waals surface area contributed by atoms with Crippen LogP contribution >= 0.6 is 23.1 Å². The molecule has 6 nitrogen and oxygen atoms in total. The first kappa shape index (κ1) is 17.9. The van der Waals surface area contributed by atoms with Gasteiger partial charge in [-0.05, 0) is 37.3 Å². The second-order valence-corrected chi connectivity index (χ2v) is 7.99. The first-order valence-electron chi connectivity index (χ1n) is 8.57. The molecule has 1 aliphatic heterocycles. The molecule has 2 aromatic carbocycles. The second kappa shape index (κ2) is 8.06. The maximum Gasteiger partial charge on any atom is 0.234 e. The molecule has 4 rings (SSSR count). The van der Waals surface area contributed by atoms with Crippen LogP contribution in [0.15, 0.2) is 40.7 Å². The number of hydrogen-bond donors (Lipinski definition) is 1. The molecule has 27 heavy (non-hydrogen) atoms. The van der Waals surface area contributed by atoms with Gasteiger partial charge in [0, 0.05) is 11.8 Å². The molecule has 1 aromatic heterocycles. The Hall–Kier alpha value is -2.45. The molecule has 0 atom stereocenters. The molecular formula is C19H18N2O4S2. The summed E-state index contributed by atoms with van der Waals surface area (Å²) in [5, 5.41) is 2.88. The van der Waals surface area contributed by atoms with E-state index in [4.69, 9.17) is 14.2 Å². The third kappa shape index (κ3) is 4.28. The molecule has 0 bridgehead atoms. The summed E-state index contributed by atoms with van der Waals surface area (Å²) in [6.45, 7) is 3.65. The van der Waals surface area contributed by atoms with E-state index in [-0.39, 0.29) is 11.7 Å². The van der Waals surface area contributed by atoms with Crippen LogP contribution in [-0.2, 0) is 4.79 Å². The van der Waals surface area contributed by atoms with Crippen LogP contribution in [0.25, 0.3) is 10.2 Å². The summed E-state index contributed by atoms with van der Waals surface area (Å²) in [5.74, 6) is 2.39. The molecular weight excluding hydrogens is 384 g/mol. The van der Waals surface area contributed by atoms with Gasteiger partial charge in [-0.2, -0.15) is 0 Å². The first-order valence-corrected chi connectivity index (χ1v) is 10.4. The minimum Gasteiger partial charge on any atom is -0.494 e. The van der Waals surface area contributed by atoms with Gasteiger partial charge in [-0.15, -0.1) is 11.3 Å². The van der Waals surface area contributed by atoms with Gasteiger partial charge >= 0.3 is 0 Å². The van der Waals surface area contributed by atoms with Crippen LogP contribution in [0.5, 0.6) is 17.2 Å². The van der Waals surface area contributed by atoms with Gasteiger partial charge < -0.3 is 19.5 Å². The van der Waals surface area contributed by atoms with Gasteiger partial charge in [0.15, 0.2) is 15.8 Å². The van der Waals surface area contributed by atoms with E-state index in [1.807, 2.05) is 31.2 Å². The fourth-order valence-electron chi connectivity index (χ4n) is 2.65. The summed E-state index contributed by atoms with van der Waals surface area (Å²) >= 11 is 2.98. The maximum atomic E-state index is 12.3. The Morgan fingerprint density at radius 1 is 1.22 bits per heavy atom. The number of benzene rings is 2. The molecule has 3 aromatic rings. The zero-order chi connectivity index (χ0) is 18.6. The lowest BCUT2D eigenvalue weighted by molar-refractivity contribution is -0.113. The van der Waals surface area contributed by atoms with E-state index in [9.17, 15) is 4.79 Å². The molecule has 0 spiro atoms. The van der Waals surface area contributed by atoms with Crippen molar-refractivity contribution in [1.82, 2.24) is 4.98 Å². The van der Waals surface area contributed by atoms with E-state index in [1.54, 1.807) is 23.5 Å². The van der Waals surface area contributed by atoms with Crippen LogP contribution in [0, 0.1) is 0 Å². The number of ether oxygens (including phenoxy) is 3. The van der Waals surface area contributed by atoms with Crippen LogP contribution in [-0.4, -0.2) is 36.5 Å². The van der Waals surface area contributed by atoms with Crippen molar-refractivity contribution >= 4 is 44.9 Å². The Labute approximate surface area is 164 Å². The van der Waals surface area contributed by atoms with Gasteiger partial charge in [-0.3, -0.25) is 4.79 Å². The normalized spacial score (nSPS) is 12.8. The third-order valence-corrected chi connectivity index (χ3v) is 5.97. The minimum absolute atomic E-state index is 0.0917. The van der Waals surface area contributed by atoms with Crippen molar-refractivity contribution in [2.24, 2.45) is 0 Å². The molecule has 1 amide bonds. The Balaban J connectivity index is 1.37. The van der Waals surface area contributed by atoms with Gasteiger partial charge in [-0.25, -0.2) is 4.98 Å². The fourth-order valence-corrected chi connectivity index (χ4v) is 4.54. The number of fused-ring (bicyclic) bond motifs is 2. The zero-order valence-electron chi connectivity index (χ0n) is 14.7. The third-order valence-electron chi connectivity index (χ3n) is 3.80. The van der Waals surface area contributed by atoms with Gasteiger partial charge in [0.05, 0.1) is 22.6 Å². The number of nitrogens with zero attached hydrogens (tertiary/aromatic N) is 1. The Morgan fingerprint density at radius 3 is 2.93 bits per heavy atom. The van der Waals surface area contributed by atoms with Crippen molar-refractivity contribution in [2.45, 2.75) is 11.3 Å². The number of amides is 1. The summed E-state index contributed by atoms with van der Waals surface area (Å²) < 4.78 is 18.4. The van der Waals surface area contributed by atoms with Crippen molar-refractivity contribution in [3.63, 3.8) is 0 Å². The molecule has 2 heterocycles. The number of hydrogen-bond acceptors (Lipinski definition) is 7. The van der Waals surface area contributed by atoms with Crippen molar-refractivity contribution in [2.75, 3.05) is 30.9 Å². The second-order valence-electron chi connectivity index (χ2n) is 5.74. The highest BCUT2D eigenvalue weighted by Crippen LogP contribution is 2.34. The van der Waals surface area contributed by atoms with Gasteiger partial charge in [0.1, 0.15) is 19.0 Å². The van der Waals surface area contributed by atoms with E-state index in [0.29, 0.717) is 37.0 Å². The van der Waals surface area contributed by atoms with E-state index in [2.05, 4.69) is 10.3 Å². The average Bonchev–Trinajstić information content (AvgIpc) is 3.09. The molecule has 140 valence electrons. The molecule has 0 aliphatic carbocycles. The van der Waals surface area contributed by atoms with Crippen LogP contribution in [0.2, 0.25) is 0 Å². The van der Waals surface area contributed by atoms with Gasteiger partial charge in [0.2, 0.25) is 5.91 Å². The van der Waals surface area contributed by atoms with Crippen molar-refractivity contribution in [1.29, 1.82) is 0 Å². The Bertz CT molecular complexity index is 973. The summed E-state index contributed by atoms with van der Waals surface area (Å²) in [5.41, 5.74) is 1.61. The van der Waals surface area contributed by atoms with Crippen LogP contribution in [0.3, 0.4) is 0 Å². The number of carbonyl (C=O) groups is 1. The Morgan fingerprint density at radius 2 is 2.07 bits per heavy atom. The Kier molecular flexibility index (Phi) is 5.35. The SMILES string of the molecule is CCOc1ccc2nc(SCC(=O)Nc3ccc4c(c3)OCCO4)sc2c1. The number of rotatable bonds is 6. The van der Waals surface area contributed by atoms with E-state index >= 15 is 0 Å². The number of thiazole rings is 1. The molecule has 0 unspecified atom stereocenters. The highest BCUT2D eigenvalue weighted by molar-refractivity contribution is 8.01. The molecule has 1 aliphatic rings. The van der Waals surface area contributed by atoms with Crippen molar-refractivity contribution < 1.29 is 19.0 Å². The van der Waals surface area contributed by atoms with Crippen molar-refractivity contribution in [3.8, 4) is 17.2 Å². The van der Waals surface area contributed by atoms with Crippen molar-refractivity contribution in [3.05, 3.63) is 36.4 Å². The minimum atomic E-state index is -0.0917. The molecule has 1 N–H and O–H groups in total. The lowest BCUT2D eigenvalue weighted by atomic mass is 10.2. The average molecular weight is 402 g/mol. The lowest BCUT2D eigenvalue weighted by Crippen LogP contribution is -2.17. The topological polar surface area (TPSA) is 69.7 Å². The number of nitrogens with one attached hydrogen (secondary N) is 1. The number of thioether (sulfide) groups is 1. The predicted molar refractivity (Wildman–Crippen MR) is 108 cm³/mol. The highest BCUT2D eigenvalue weighted by Gasteiger charge is 2.13. The van der Waals surface area contributed by atoms with Gasteiger partial charge in [0.25, 0.3) is 0 Å². The van der Waals surface area contributed by atoms with Crippen LogP contribution in [0.1, 0.15) is 6.92 Å². The maximum absolute atomic E-state index is 12.3. The van der Waals surface area contributed by atoms with E-state index in [1.165, 1.54) is 11.8 Å².